The summed E-state index contributed by atoms with van der Waals surface area (Å²) in [5.74, 6) is -0.161. The van der Waals surface area contributed by atoms with Gasteiger partial charge >= 0.3 is 0 Å². The molecule has 0 radical (unpaired) electrons. The summed E-state index contributed by atoms with van der Waals surface area (Å²) in [6.45, 7) is 2.35. The number of halogens is 2. The quantitative estimate of drug-likeness (QED) is 0.259. The molecule has 0 saturated carbocycles. The van der Waals surface area contributed by atoms with Crippen molar-refractivity contribution in [2.75, 3.05) is 38.1 Å². The molecule has 1 aliphatic heterocycles. The van der Waals surface area contributed by atoms with Crippen LogP contribution in [0.25, 0.3) is 0 Å². The van der Waals surface area contributed by atoms with Crippen LogP contribution in [0.15, 0.2) is 103 Å². The van der Waals surface area contributed by atoms with Crippen LogP contribution in [0.1, 0.15) is 27.5 Å². The zero-order valence-corrected chi connectivity index (χ0v) is 23.3. The molecule has 1 aliphatic rings. The minimum atomic E-state index is -0.398. The van der Waals surface area contributed by atoms with Crippen molar-refractivity contribution in [1.29, 1.82) is 0 Å². The Morgan fingerprint density at radius 1 is 0.775 bits per heavy atom. The number of ether oxygens (including phenoxy) is 1. The number of amides is 2. The fraction of sp³-hybridized carbons (Fsp3) is 0.188. The van der Waals surface area contributed by atoms with Crippen LogP contribution in [0.3, 0.4) is 0 Å². The molecular formula is C32H29Cl2N3O3. The standard InChI is InChI=1S/C32H29Cl2N3O3/c33-25-15-16-29(27(34)21-25)40-22-30(38)35-28-14-8-7-13-26(28)32(39)37-19-17-36(18-20-37)31(23-9-3-1-4-10-23)24-11-5-2-6-12-24/h1-16,21,31H,17-20,22H2,(H,35,38). The lowest BCUT2D eigenvalue weighted by atomic mass is 9.96. The lowest BCUT2D eigenvalue weighted by Crippen LogP contribution is -2.50. The van der Waals surface area contributed by atoms with Crippen LogP contribution in [-0.4, -0.2) is 54.4 Å². The lowest BCUT2D eigenvalue weighted by molar-refractivity contribution is -0.118. The largest absolute Gasteiger partial charge is 0.482 e. The lowest BCUT2D eigenvalue weighted by Gasteiger charge is -2.40. The van der Waals surface area contributed by atoms with Crippen molar-refractivity contribution in [2.45, 2.75) is 6.04 Å². The number of para-hydroxylation sites is 1. The average molecular weight is 575 g/mol. The van der Waals surface area contributed by atoms with Crippen molar-refractivity contribution in [3.8, 4) is 5.75 Å². The second-order valence-corrected chi connectivity index (χ2v) is 10.4. The Bertz CT molecular complexity index is 1420. The molecule has 5 rings (SSSR count). The van der Waals surface area contributed by atoms with Gasteiger partial charge in [0, 0.05) is 31.2 Å². The van der Waals surface area contributed by atoms with Crippen molar-refractivity contribution in [3.63, 3.8) is 0 Å². The predicted octanol–water partition coefficient (Wildman–Crippen LogP) is 6.56. The summed E-state index contributed by atoms with van der Waals surface area (Å²) < 4.78 is 5.55. The highest BCUT2D eigenvalue weighted by Gasteiger charge is 2.29. The topological polar surface area (TPSA) is 61.9 Å². The van der Waals surface area contributed by atoms with Gasteiger partial charge in [-0.05, 0) is 41.5 Å². The molecule has 8 heteroatoms. The summed E-state index contributed by atoms with van der Waals surface area (Å²) in [6, 6.07) is 32.8. The van der Waals surface area contributed by atoms with E-state index in [-0.39, 0.29) is 18.6 Å². The number of hydrogen-bond donors (Lipinski definition) is 1. The molecular weight excluding hydrogens is 545 g/mol. The van der Waals surface area contributed by atoms with Crippen molar-refractivity contribution < 1.29 is 14.3 Å². The third-order valence-electron chi connectivity index (χ3n) is 6.88. The predicted molar refractivity (Wildman–Crippen MR) is 159 cm³/mol. The van der Waals surface area contributed by atoms with Gasteiger partial charge in [-0.15, -0.1) is 0 Å². The monoisotopic (exact) mass is 573 g/mol. The van der Waals surface area contributed by atoms with Gasteiger partial charge in [0.1, 0.15) is 5.75 Å². The number of carbonyl (C=O) groups excluding carboxylic acids is 2. The Hall–Kier alpha value is -3.84. The van der Waals surface area contributed by atoms with Gasteiger partial charge in [0.2, 0.25) is 0 Å². The number of nitrogens with zero attached hydrogens (tertiary/aromatic N) is 2. The summed E-state index contributed by atoms with van der Waals surface area (Å²) in [7, 11) is 0. The minimum Gasteiger partial charge on any atom is -0.482 e. The van der Waals surface area contributed by atoms with Crippen LogP contribution in [0, 0.1) is 0 Å². The molecule has 0 aliphatic carbocycles. The van der Waals surface area contributed by atoms with E-state index < -0.39 is 5.91 Å². The second-order valence-electron chi connectivity index (χ2n) is 9.51. The molecule has 6 nitrogen and oxygen atoms in total. The first-order chi connectivity index (χ1) is 19.5. The van der Waals surface area contributed by atoms with E-state index in [4.69, 9.17) is 27.9 Å². The second kappa shape index (κ2) is 13.0. The van der Waals surface area contributed by atoms with Crippen LogP contribution in [0.4, 0.5) is 5.69 Å². The fourth-order valence-corrected chi connectivity index (χ4v) is 5.40. The van der Waals surface area contributed by atoms with E-state index in [1.54, 1.807) is 42.5 Å². The fourth-order valence-electron chi connectivity index (χ4n) is 4.94. The molecule has 1 N–H and O–H groups in total. The van der Waals surface area contributed by atoms with Gasteiger partial charge in [0.25, 0.3) is 11.8 Å². The molecule has 0 bridgehead atoms. The first-order valence-corrected chi connectivity index (χ1v) is 13.8. The highest BCUT2D eigenvalue weighted by atomic mass is 35.5. The highest BCUT2D eigenvalue weighted by Crippen LogP contribution is 2.30. The van der Waals surface area contributed by atoms with E-state index in [0.29, 0.717) is 40.1 Å². The van der Waals surface area contributed by atoms with Crippen LogP contribution < -0.4 is 10.1 Å². The van der Waals surface area contributed by atoms with Gasteiger partial charge in [-0.1, -0.05) is 96.0 Å². The molecule has 2 amide bonds. The van der Waals surface area contributed by atoms with Crippen molar-refractivity contribution >= 4 is 40.7 Å². The van der Waals surface area contributed by atoms with Crippen LogP contribution >= 0.6 is 23.2 Å². The van der Waals surface area contributed by atoms with E-state index >= 15 is 0 Å². The third kappa shape index (κ3) is 6.65. The van der Waals surface area contributed by atoms with Crippen LogP contribution in [0.2, 0.25) is 10.0 Å². The molecule has 0 aromatic heterocycles. The molecule has 40 heavy (non-hydrogen) atoms. The Balaban J connectivity index is 1.23. The Morgan fingerprint density at radius 2 is 1.38 bits per heavy atom. The average Bonchev–Trinajstić information content (AvgIpc) is 2.98. The molecule has 0 spiro atoms. The zero-order chi connectivity index (χ0) is 27.9. The maximum Gasteiger partial charge on any atom is 0.262 e. The first kappa shape index (κ1) is 27.7. The normalized spacial score (nSPS) is 13.7. The number of rotatable bonds is 8. The van der Waals surface area contributed by atoms with Crippen molar-refractivity contribution in [3.05, 3.63) is 130 Å². The number of piperazine rings is 1. The molecule has 0 unspecified atom stereocenters. The SMILES string of the molecule is O=C(COc1ccc(Cl)cc1Cl)Nc1ccccc1C(=O)N1CCN(C(c2ccccc2)c2ccccc2)CC1. The number of nitrogens with one attached hydrogen (secondary N) is 1. The van der Waals surface area contributed by atoms with Crippen LogP contribution in [0.5, 0.6) is 5.75 Å². The van der Waals surface area contributed by atoms with Crippen molar-refractivity contribution in [2.24, 2.45) is 0 Å². The molecule has 1 fully saturated rings. The van der Waals surface area contributed by atoms with Crippen LogP contribution in [-0.2, 0) is 4.79 Å². The van der Waals surface area contributed by atoms with E-state index in [0.717, 1.165) is 13.1 Å². The van der Waals surface area contributed by atoms with E-state index in [1.807, 2.05) is 17.0 Å². The van der Waals surface area contributed by atoms with Gasteiger partial charge in [0.05, 0.1) is 22.3 Å². The first-order valence-electron chi connectivity index (χ1n) is 13.1. The maximum absolute atomic E-state index is 13.6. The van der Waals surface area contributed by atoms with Gasteiger partial charge in [-0.2, -0.15) is 0 Å². The Labute approximate surface area is 244 Å². The number of benzene rings is 4. The summed E-state index contributed by atoms with van der Waals surface area (Å²) in [6.07, 6.45) is 0. The molecule has 1 saturated heterocycles. The Morgan fingerprint density at radius 3 is 2.00 bits per heavy atom. The zero-order valence-electron chi connectivity index (χ0n) is 21.8. The summed E-state index contributed by atoms with van der Waals surface area (Å²) in [4.78, 5) is 30.5. The molecule has 4 aromatic rings. The van der Waals surface area contributed by atoms with Gasteiger partial charge in [0.15, 0.2) is 6.61 Å². The van der Waals surface area contributed by atoms with Gasteiger partial charge in [-0.25, -0.2) is 0 Å². The summed E-state index contributed by atoms with van der Waals surface area (Å²) in [5, 5.41) is 3.60. The van der Waals surface area contributed by atoms with E-state index in [1.165, 1.54) is 11.1 Å². The minimum absolute atomic E-state index is 0.111. The highest BCUT2D eigenvalue weighted by molar-refractivity contribution is 6.35. The number of carbonyl (C=O) groups is 2. The maximum atomic E-state index is 13.6. The third-order valence-corrected chi connectivity index (χ3v) is 7.41. The molecule has 1 heterocycles. The summed E-state index contributed by atoms with van der Waals surface area (Å²) in [5.41, 5.74) is 3.33. The van der Waals surface area contributed by atoms with E-state index in [2.05, 4.69) is 58.7 Å². The number of hydrogen-bond acceptors (Lipinski definition) is 4. The molecule has 4 aromatic carbocycles. The van der Waals surface area contributed by atoms with Crippen molar-refractivity contribution in [1.82, 2.24) is 9.80 Å². The van der Waals surface area contributed by atoms with E-state index in [9.17, 15) is 9.59 Å². The molecule has 0 atom stereocenters. The molecule has 204 valence electrons. The summed E-state index contributed by atoms with van der Waals surface area (Å²) >= 11 is 12.1. The Kier molecular flexibility index (Phi) is 9.01. The van der Waals surface area contributed by atoms with Gasteiger partial charge in [-0.3, -0.25) is 14.5 Å². The number of anilines is 1. The van der Waals surface area contributed by atoms with Gasteiger partial charge < -0.3 is 15.0 Å². The smallest absolute Gasteiger partial charge is 0.262 e.